The summed E-state index contributed by atoms with van der Waals surface area (Å²) >= 11 is 2.02. The molecule has 1 aliphatic heterocycles. The van der Waals surface area contributed by atoms with Crippen LogP contribution >= 0.6 is 11.8 Å². The molecule has 0 radical (unpaired) electrons. The molecule has 3 heteroatoms. The third-order valence-electron chi connectivity index (χ3n) is 2.37. The van der Waals surface area contributed by atoms with E-state index in [9.17, 15) is 0 Å². The second-order valence-electron chi connectivity index (χ2n) is 3.56. The van der Waals surface area contributed by atoms with Crippen LogP contribution in [0, 0.1) is 5.92 Å². The summed E-state index contributed by atoms with van der Waals surface area (Å²) in [5, 5.41) is 3.38. The van der Waals surface area contributed by atoms with E-state index in [2.05, 4.69) is 12.2 Å². The molecule has 0 aromatic heterocycles. The molecule has 1 rings (SSSR count). The Morgan fingerprint density at radius 2 is 2.50 bits per heavy atom. The molecular weight excluding hydrogens is 168 g/mol. The van der Waals surface area contributed by atoms with Crippen LogP contribution in [0.5, 0.6) is 0 Å². The first kappa shape index (κ1) is 10.4. The van der Waals surface area contributed by atoms with Crippen molar-refractivity contribution in [2.75, 3.05) is 24.6 Å². The number of nitrogens with one attached hydrogen (secondary N) is 1. The summed E-state index contributed by atoms with van der Waals surface area (Å²) in [5.41, 5.74) is 5.82. The number of rotatable bonds is 5. The summed E-state index contributed by atoms with van der Waals surface area (Å²) in [6, 6.07) is 0.407. The van der Waals surface area contributed by atoms with Gasteiger partial charge in [-0.25, -0.2) is 0 Å². The number of nitrogens with two attached hydrogens (primary N) is 1. The third-order valence-corrected chi connectivity index (χ3v) is 3.74. The van der Waals surface area contributed by atoms with Gasteiger partial charge in [0.15, 0.2) is 0 Å². The maximum atomic E-state index is 5.82. The van der Waals surface area contributed by atoms with E-state index < -0.39 is 0 Å². The Morgan fingerprint density at radius 1 is 1.67 bits per heavy atom. The first-order chi connectivity index (χ1) is 5.83. The highest BCUT2D eigenvalue weighted by molar-refractivity contribution is 7.99. The van der Waals surface area contributed by atoms with Gasteiger partial charge in [-0.1, -0.05) is 6.92 Å². The Bertz CT molecular complexity index is 113. The summed E-state index contributed by atoms with van der Waals surface area (Å²) in [4.78, 5) is 0. The summed E-state index contributed by atoms with van der Waals surface area (Å²) in [6.07, 6.45) is 2.46. The Kier molecular flexibility index (Phi) is 5.04. The molecular formula is C9H20N2S. The van der Waals surface area contributed by atoms with Crippen LogP contribution in [0.1, 0.15) is 19.8 Å². The Morgan fingerprint density at radius 3 is 3.08 bits per heavy atom. The van der Waals surface area contributed by atoms with Crippen molar-refractivity contribution < 1.29 is 0 Å². The second kappa shape index (κ2) is 5.84. The number of hydrogen-bond acceptors (Lipinski definition) is 3. The van der Waals surface area contributed by atoms with Crippen molar-refractivity contribution in [3.8, 4) is 0 Å². The smallest absolute Gasteiger partial charge is 0.0127 e. The fraction of sp³-hybridized carbons (Fsp3) is 1.00. The van der Waals surface area contributed by atoms with Gasteiger partial charge in [-0.3, -0.25) is 0 Å². The minimum absolute atomic E-state index is 0.407. The van der Waals surface area contributed by atoms with E-state index in [-0.39, 0.29) is 0 Å². The molecule has 0 aromatic carbocycles. The zero-order chi connectivity index (χ0) is 8.81. The van der Waals surface area contributed by atoms with Crippen molar-refractivity contribution in [1.82, 2.24) is 5.32 Å². The molecule has 1 saturated heterocycles. The molecule has 1 fully saturated rings. The van der Waals surface area contributed by atoms with Crippen LogP contribution < -0.4 is 11.1 Å². The third kappa shape index (κ3) is 3.78. The molecule has 0 aliphatic carbocycles. The van der Waals surface area contributed by atoms with Gasteiger partial charge >= 0.3 is 0 Å². The van der Waals surface area contributed by atoms with Crippen LogP contribution in [0.3, 0.4) is 0 Å². The quantitative estimate of drug-likeness (QED) is 0.678. The van der Waals surface area contributed by atoms with E-state index in [1.54, 1.807) is 0 Å². The van der Waals surface area contributed by atoms with Crippen molar-refractivity contribution in [3.63, 3.8) is 0 Å². The van der Waals surface area contributed by atoms with Crippen LogP contribution in [-0.4, -0.2) is 30.6 Å². The number of thioether (sulfide) groups is 1. The second-order valence-corrected chi connectivity index (χ2v) is 4.64. The van der Waals surface area contributed by atoms with Gasteiger partial charge in [0.1, 0.15) is 0 Å². The molecule has 2 atom stereocenters. The average Bonchev–Trinajstić information content (AvgIpc) is 2.57. The minimum Gasteiger partial charge on any atom is -0.327 e. The topological polar surface area (TPSA) is 38.0 Å². The molecule has 1 aliphatic rings. The largest absolute Gasteiger partial charge is 0.327 e. The van der Waals surface area contributed by atoms with Gasteiger partial charge in [-0.15, -0.1) is 0 Å². The van der Waals surface area contributed by atoms with Gasteiger partial charge in [0.2, 0.25) is 0 Å². The normalized spacial score (nSPS) is 26.0. The SMILES string of the molecule is CCC(N)CSCC1CCNC1. The molecule has 2 unspecified atom stereocenters. The van der Waals surface area contributed by atoms with Crippen molar-refractivity contribution >= 4 is 11.8 Å². The first-order valence-electron chi connectivity index (χ1n) is 4.87. The number of hydrogen-bond donors (Lipinski definition) is 2. The molecule has 1 heterocycles. The van der Waals surface area contributed by atoms with Gasteiger partial charge in [0.25, 0.3) is 0 Å². The van der Waals surface area contributed by atoms with Gasteiger partial charge in [-0.05, 0) is 37.6 Å². The Labute approximate surface area is 79.7 Å². The van der Waals surface area contributed by atoms with Crippen LogP contribution in [-0.2, 0) is 0 Å². The maximum absolute atomic E-state index is 5.82. The summed E-state index contributed by atoms with van der Waals surface area (Å²) < 4.78 is 0. The highest BCUT2D eigenvalue weighted by Crippen LogP contribution is 2.15. The fourth-order valence-electron chi connectivity index (χ4n) is 1.36. The first-order valence-corrected chi connectivity index (χ1v) is 6.02. The van der Waals surface area contributed by atoms with E-state index in [1.807, 2.05) is 11.8 Å². The predicted molar refractivity (Wildman–Crippen MR) is 56.6 cm³/mol. The molecule has 0 spiro atoms. The van der Waals surface area contributed by atoms with Gasteiger partial charge < -0.3 is 11.1 Å². The van der Waals surface area contributed by atoms with Gasteiger partial charge in [0.05, 0.1) is 0 Å². The predicted octanol–water partition coefficient (Wildman–Crippen LogP) is 1.07. The minimum atomic E-state index is 0.407. The summed E-state index contributed by atoms with van der Waals surface area (Å²) in [6.45, 7) is 4.59. The summed E-state index contributed by atoms with van der Waals surface area (Å²) in [7, 11) is 0. The van der Waals surface area contributed by atoms with E-state index in [0.717, 1.165) is 18.1 Å². The van der Waals surface area contributed by atoms with E-state index in [0.29, 0.717) is 6.04 Å². The van der Waals surface area contributed by atoms with Crippen molar-refractivity contribution in [1.29, 1.82) is 0 Å². The zero-order valence-electron chi connectivity index (χ0n) is 7.88. The van der Waals surface area contributed by atoms with Crippen molar-refractivity contribution in [2.45, 2.75) is 25.8 Å². The van der Waals surface area contributed by atoms with Crippen molar-refractivity contribution in [3.05, 3.63) is 0 Å². The van der Waals surface area contributed by atoms with Gasteiger partial charge in [0, 0.05) is 11.8 Å². The molecule has 2 nitrogen and oxygen atoms in total. The van der Waals surface area contributed by atoms with Crippen molar-refractivity contribution in [2.24, 2.45) is 11.7 Å². The lowest BCUT2D eigenvalue weighted by Crippen LogP contribution is -2.22. The molecule has 0 amide bonds. The highest BCUT2D eigenvalue weighted by atomic mass is 32.2. The van der Waals surface area contributed by atoms with E-state index >= 15 is 0 Å². The average molecular weight is 188 g/mol. The molecule has 72 valence electrons. The Balaban J connectivity index is 1.94. The monoisotopic (exact) mass is 188 g/mol. The van der Waals surface area contributed by atoms with Crippen LogP contribution in [0.25, 0.3) is 0 Å². The molecule has 0 bridgehead atoms. The standard InChI is InChI=1S/C9H20N2S/c1-2-9(10)7-12-6-8-3-4-11-5-8/h8-9,11H,2-7,10H2,1H3. The maximum Gasteiger partial charge on any atom is 0.0127 e. The molecule has 0 aromatic rings. The van der Waals surface area contributed by atoms with Gasteiger partial charge in [-0.2, -0.15) is 11.8 Å². The lowest BCUT2D eigenvalue weighted by Gasteiger charge is -2.10. The molecule has 12 heavy (non-hydrogen) atoms. The fourth-order valence-corrected chi connectivity index (χ4v) is 2.65. The van der Waals surface area contributed by atoms with Crippen LogP contribution in [0.2, 0.25) is 0 Å². The van der Waals surface area contributed by atoms with E-state index in [1.165, 1.54) is 25.3 Å². The molecule has 3 N–H and O–H groups in total. The highest BCUT2D eigenvalue weighted by Gasteiger charge is 2.14. The lowest BCUT2D eigenvalue weighted by molar-refractivity contribution is 0.659. The molecule has 0 saturated carbocycles. The van der Waals surface area contributed by atoms with Crippen LogP contribution in [0.15, 0.2) is 0 Å². The van der Waals surface area contributed by atoms with E-state index in [4.69, 9.17) is 5.73 Å². The zero-order valence-corrected chi connectivity index (χ0v) is 8.70. The van der Waals surface area contributed by atoms with Crippen LogP contribution in [0.4, 0.5) is 0 Å². The summed E-state index contributed by atoms with van der Waals surface area (Å²) in [5.74, 6) is 3.33. The lowest BCUT2D eigenvalue weighted by atomic mass is 10.2. The Hall–Kier alpha value is 0.270.